The van der Waals surface area contributed by atoms with Crippen LogP contribution in [0, 0.1) is 5.41 Å². The Bertz CT molecular complexity index is 257. The fourth-order valence-corrected chi connectivity index (χ4v) is 4.00. The SMILES string of the molecule is CCC1(Cl)C(NC)CC(C)(C)CC1(Cl)NC. The summed E-state index contributed by atoms with van der Waals surface area (Å²) in [5.74, 6) is 0. The predicted octanol–water partition coefficient (Wildman–Crippen LogP) is 2.94. The number of rotatable bonds is 3. The first kappa shape index (κ1) is 14.6. The quantitative estimate of drug-likeness (QED) is 0.607. The van der Waals surface area contributed by atoms with Gasteiger partial charge in [-0.1, -0.05) is 20.8 Å². The normalized spacial score (nSPS) is 43.3. The van der Waals surface area contributed by atoms with E-state index in [1.54, 1.807) is 0 Å². The molecule has 0 saturated heterocycles. The van der Waals surface area contributed by atoms with Gasteiger partial charge in [-0.2, -0.15) is 0 Å². The maximum absolute atomic E-state index is 6.80. The van der Waals surface area contributed by atoms with Gasteiger partial charge in [0, 0.05) is 6.04 Å². The topological polar surface area (TPSA) is 24.1 Å². The standard InChI is InChI=1S/C12H24Cl2N2/c1-6-11(13)9(15-4)7-10(2,3)8-12(11,14)16-5/h9,15-16H,6-8H2,1-5H3. The highest BCUT2D eigenvalue weighted by molar-refractivity contribution is 6.35. The van der Waals surface area contributed by atoms with Crippen LogP contribution in [0.15, 0.2) is 0 Å². The molecule has 1 aliphatic rings. The van der Waals surface area contributed by atoms with Crippen LogP contribution in [0.3, 0.4) is 0 Å². The molecule has 1 rings (SSSR count). The average Bonchev–Trinajstić information content (AvgIpc) is 2.22. The molecule has 0 aliphatic heterocycles. The van der Waals surface area contributed by atoms with Crippen molar-refractivity contribution in [3.8, 4) is 0 Å². The summed E-state index contributed by atoms with van der Waals surface area (Å²) in [7, 11) is 3.86. The Hall–Kier alpha value is 0.500. The Labute approximate surface area is 109 Å². The lowest BCUT2D eigenvalue weighted by molar-refractivity contribution is 0.0996. The van der Waals surface area contributed by atoms with Gasteiger partial charge < -0.3 is 10.6 Å². The molecule has 4 heteroatoms. The van der Waals surface area contributed by atoms with Crippen LogP contribution in [0.25, 0.3) is 0 Å². The van der Waals surface area contributed by atoms with E-state index in [2.05, 4.69) is 31.4 Å². The van der Waals surface area contributed by atoms with Crippen LogP contribution in [0.1, 0.15) is 40.0 Å². The van der Waals surface area contributed by atoms with Crippen molar-refractivity contribution in [3.05, 3.63) is 0 Å². The summed E-state index contributed by atoms with van der Waals surface area (Å²) < 4.78 is 0. The highest BCUT2D eigenvalue weighted by Gasteiger charge is 2.58. The number of halogens is 2. The van der Waals surface area contributed by atoms with Crippen LogP contribution in [0.2, 0.25) is 0 Å². The third-order valence-electron chi connectivity index (χ3n) is 3.95. The third kappa shape index (κ3) is 2.22. The molecule has 3 unspecified atom stereocenters. The first-order chi connectivity index (χ1) is 7.24. The molecular weight excluding hydrogens is 243 g/mol. The molecule has 1 aliphatic carbocycles. The molecule has 0 spiro atoms. The second-order valence-corrected chi connectivity index (χ2v) is 6.97. The minimum absolute atomic E-state index is 0.200. The van der Waals surface area contributed by atoms with Crippen molar-refractivity contribution in [1.82, 2.24) is 10.6 Å². The summed E-state index contributed by atoms with van der Waals surface area (Å²) in [6.07, 6.45) is 2.78. The molecule has 96 valence electrons. The molecule has 0 radical (unpaired) electrons. The van der Waals surface area contributed by atoms with E-state index >= 15 is 0 Å². The summed E-state index contributed by atoms with van der Waals surface area (Å²) in [5.41, 5.74) is 0.200. The molecule has 0 aromatic heterocycles. The maximum Gasteiger partial charge on any atom is 0.115 e. The Kier molecular flexibility index (Phi) is 4.22. The van der Waals surface area contributed by atoms with Crippen molar-refractivity contribution in [3.63, 3.8) is 0 Å². The average molecular weight is 267 g/mol. The summed E-state index contributed by atoms with van der Waals surface area (Å²) in [6.45, 7) is 6.60. The predicted molar refractivity (Wildman–Crippen MR) is 72.4 cm³/mol. The van der Waals surface area contributed by atoms with Gasteiger partial charge in [0.1, 0.15) is 5.00 Å². The highest BCUT2D eigenvalue weighted by Crippen LogP contribution is 2.53. The van der Waals surface area contributed by atoms with E-state index in [9.17, 15) is 0 Å². The lowest BCUT2D eigenvalue weighted by atomic mass is 9.66. The number of alkyl halides is 2. The second kappa shape index (κ2) is 4.64. The zero-order valence-electron chi connectivity index (χ0n) is 11.0. The Morgan fingerprint density at radius 3 is 2.19 bits per heavy atom. The Morgan fingerprint density at radius 2 is 1.81 bits per heavy atom. The fourth-order valence-electron chi connectivity index (χ4n) is 3.02. The van der Waals surface area contributed by atoms with Crippen molar-refractivity contribution in [2.45, 2.75) is 55.9 Å². The lowest BCUT2D eigenvalue weighted by Crippen LogP contribution is -2.68. The van der Waals surface area contributed by atoms with E-state index in [0.29, 0.717) is 0 Å². The van der Waals surface area contributed by atoms with Gasteiger partial charge in [-0.15, -0.1) is 23.2 Å². The van der Waals surface area contributed by atoms with Crippen molar-refractivity contribution < 1.29 is 0 Å². The lowest BCUT2D eigenvalue weighted by Gasteiger charge is -2.55. The molecule has 1 saturated carbocycles. The second-order valence-electron chi connectivity index (χ2n) is 5.65. The summed E-state index contributed by atoms with van der Waals surface area (Å²) >= 11 is 13.5. The van der Waals surface area contributed by atoms with E-state index in [-0.39, 0.29) is 11.5 Å². The van der Waals surface area contributed by atoms with Crippen LogP contribution < -0.4 is 10.6 Å². The van der Waals surface area contributed by atoms with Crippen LogP contribution in [0.5, 0.6) is 0 Å². The number of nitrogens with one attached hydrogen (secondary N) is 2. The minimum atomic E-state index is -0.543. The summed E-state index contributed by atoms with van der Waals surface area (Å²) in [4.78, 5) is -0.980. The van der Waals surface area contributed by atoms with Crippen LogP contribution >= 0.6 is 23.2 Å². The van der Waals surface area contributed by atoms with Gasteiger partial charge in [0.2, 0.25) is 0 Å². The van der Waals surface area contributed by atoms with Crippen molar-refractivity contribution in [2.24, 2.45) is 5.41 Å². The Morgan fingerprint density at radius 1 is 1.25 bits per heavy atom. The first-order valence-corrected chi connectivity index (χ1v) is 6.74. The molecular formula is C12H24Cl2N2. The third-order valence-corrected chi connectivity index (χ3v) is 5.56. The molecule has 3 atom stereocenters. The van der Waals surface area contributed by atoms with E-state index in [0.717, 1.165) is 19.3 Å². The molecule has 1 fully saturated rings. The summed E-state index contributed by atoms with van der Waals surface area (Å²) in [6, 6.07) is 0.230. The van der Waals surface area contributed by atoms with E-state index < -0.39 is 9.87 Å². The summed E-state index contributed by atoms with van der Waals surface area (Å²) in [5, 5.41) is 6.57. The Balaban J connectivity index is 3.12. The smallest absolute Gasteiger partial charge is 0.115 e. The molecule has 0 aromatic rings. The van der Waals surface area contributed by atoms with E-state index in [4.69, 9.17) is 23.2 Å². The van der Waals surface area contributed by atoms with Gasteiger partial charge >= 0.3 is 0 Å². The molecule has 2 nitrogen and oxygen atoms in total. The molecule has 16 heavy (non-hydrogen) atoms. The van der Waals surface area contributed by atoms with Crippen LogP contribution in [0.4, 0.5) is 0 Å². The minimum Gasteiger partial charge on any atom is -0.315 e. The maximum atomic E-state index is 6.80. The molecule has 0 bridgehead atoms. The molecule has 0 aromatic carbocycles. The van der Waals surface area contributed by atoms with Crippen molar-refractivity contribution >= 4 is 23.2 Å². The van der Waals surface area contributed by atoms with Gasteiger partial charge in [-0.3, -0.25) is 0 Å². The molecule has 0 heterocycles. The van der Waals surface area contributed by atoms with Crippen molar-refractivity contribution in [1.29, 1.82) is 0 Å². The van der Waals surface area contributed by atoms with Crippen LogP contribution in [-0.4, -0.2) is 30.0 Å². The van der Waals surface area contributed by atoms with Crippen LogP contribution in [-0.2, 0) is 0 Å². The van der Waals surface area contributed by atoms with Gasteiger partial charge in [-0.25, -0.2) is 0 Å². The zero-order chi connectivity index (χ0) is 12.6. The van der Waals surface area contributed by atoms with Gasteiger partial charge in [0.05, 0.1) is 4.87 Å². The van der Waals surface area contributed by atoms with E-state index in [1.807, 2.05) is 14.1 Å². The van der Waals surface area contributed by atoms with Gasteiger partial charge in [0.15, 0.2) is 0 Å². The largest absolute Gasteiger partial charge is 0.315 e. The van der Waals surface area contributed by atoms with Gasteiger partial charge in [-0.05, 0) is 38.8 Å². The first-order valence-electron chi connectivity index (χ1n) is 5.98. The molecule has 2 N–H and O–H groups in total. The number of hydrogen-bond acceptors (Lipinski definition) is 2. The number of hydrogen-bond donors (Lipinski definition) is 2. The monoisotopic (exact) mass is 266 g/mol. The fraction of sp³-hybridized carbons (Fsp3) is 1.00. The highest BCUT2D eigenvalue weighted by atomic mass is 35.5. The zero-order valence-corrected chi connectivity index (χ0v) is 12.5. The van der Waals surface area contributed by atoms with Gasteiger partial charge in [0.25, 0.3) is 0 Å². The molecule has 0 amide bonds. The van der Waals surface area contributed by atoms with E-state index in [1.165, 1.54) is 0 Å². The van der Waals surface area contributed by atoms with Crippen molar-refractivity contribution in [2.75, 3.05) is 14.1 Å².